The minimum atomic E-state index is -1.11. The zero-order valence-electron chi connectivity index (χ0n) is 16.3. The van der Waals surface area contributed by atoms with Gasteiger partial charge in [0, 0.05) is 7.05 Å². The van der Waals surface area contributed by atoms with Gasteiger partial charge in [-0.2, -0.15) is 0 Å². The van der Waals surface area contributed by atoms with Gasteiger partial charge >= 0.3 is 6.09 Å². The molecule has 2 rings (SSSR count). The van der Waals surface area contributed by atoms with Crippen LogP contribution in [0, 0.1) is 0 Å². The van der Waals surface area contributed by atoms with Crippen molar-refractivity contribution in [1.29, 1.82) is 0 Å². The summed E-state index contributed by atoms with van der Waals surface area (Å²) < 4.78 is 16.8. The van der Waals surface area contributed by atoms with Gasteiger partial charge < -0.3 is 24.4 Å². The molecule has 0 saturated carbocycles. The van der Waals surface area contributed by atoms with Gasteiger partial charge in [0.1, 0.15) is 17.7 Å². The number of para-hydroxylation sites is 2. The molecule has 1 unspecified atom stereocenters. The molecular weight excluding hydrogens is 336 g/mol. The first-order valence-corrected chi connectivity index (χ1v) is 8.63. The minimum Gasteiger partial charge on any atom is -0.486 e. The smallest absolute Gasteiger partial charge is 0.408 e. The lowest BCUT2D eigenvalue weighted by Crippen LogP contribution is -2.57. The molecule has 0 aromatic heterocycles. The fourth-order valence-corrected chi connectivity index (χ4v) is 2.63. The maximum absolute atomic E-state index is 12.7. The summed E-state index contributed by atoms with van der Waals surface area (Å²) in [6.45, 7) is 9.29. The second kappa shape index (κ2) is 7.43. The molecule has 7 nitrogen and oxygen atoms in total. The molecule has 1 aromatic carbocycles. The van der Waals surface area contributed by atoms with Gasteiger partial charge in [-0.25, -0.2) is 4.79 Å². The normalized spacial score (nSPS) is 16.6. The van der Waals surface area contributed by atoms with E-state index in [1.165, 1.54) is 4.90 Å². The van der Waals surface area contributed by atoms with E-state index in [0.29, 0.717) is 24.7 Å². The van der Waals surface area contributed by atoms with E-state index < -0.39 is 17.2 Å². The Kier molecular flexibility index (Phi) is 5.68. The molecule has 2 amide bonds. The highest BCUT2D eigenvalue weighted by Crippen LogP contribution is 2.31. The summed E-state index contributed by atoms with van der Waals surface area (Å²) in [6.07, 6.45) is -0.911. The number of carbonyl (C=O) groups is 2. The molecule has 1 N–H and O–H groups in total. The van der Waals surface area contributed by atoms with Crippen LogP contribution in [-0.4, -0.2) is 54.3 Å². The summed E-state index contributed by atoms with van der Waals surface area (Å²) in [5.41, 5.74) is -1.74. The predicted molar refractivity (Wildman–Crippen MR) is 97.4 cm³/mol. The zero-order valence-corrected chi connectivity index (χ0v) is 16.3. The van der Waals surface area contributed by atoms with Crippen LogP contribution in [0.3, 0.4) is 0 Å². The van der Waals surface area contributed by atoms with Crippen molar-refractivity contribution in [2.24, 2.45) is 0 Å². The molecule has 1 atom stereocenters. The summed E-state index contributed by atoms with van der Waals surface area (Å²) in [4.78, 5) is 26.3. The number of hydrogen-bond acceptors (Lipinski definition) is 5. The van der Waals surface area contributed by atoms with E-state index in [4.69, 9.17) is 14.2 Å². The molecule has 0 saturated heterocycles. The lowest BCUT2D eigenvalue weighted by Gasteiger charge is -2.34. The Hall–Kier alpha value is -2.44. The molecule has 0 aliphatic carbocycles. The van der Waals surface area contributed by atoms with E-state index in [0.717, 1.165) is 0 Å². The highest BCUT2D eigenvalue weighted by molar-refractivity contribution is 5.89. The maximum atomic E-state index is 12.7. The van der Waals surface area contributed by atoms with E-state index >= 15 is 0 Å². The quantitative estimate of drug-likeness (QED) is 0.889. The third-order valence-electron chi connectivity index (χ3n) is 3.74. The summed E-state index contributed by atoms with van der Waals surface area (Å²) >= 11 is 0. The number of carbonyl (C=O) groups excluding carboxylic acids is 2. The van der Waals surface area contributed by atoms with Crippen molar-refractivity contribution in [2.75, 3.05) is 20.2 Å². The monoisotopic (exact) mass is 364 g/mol. The Morgan fingerprint density at radius 2 is 1.81 bits per heavy atom. The van der Waals surface area contributed by atoms with Gasteiger partial charge in [0.2, 0.25) is 5.91 Å². The van der Waals surface area contributed by atoms with Crippen LogP contribution in [0.4, 0.5) is 4.79 Å². The first-order chi connectivity index (χ1) is 12.0. The third kappa shape index (κ3) is 5.28. The van der Waals surface area contributed by atoms with Crippen LogP contribution in [0.5, 0.6) is 11.5 Å². The van der Waals surface area contributed by atoms with Gasteiger partial charge in [-0.15, -0.1) is 0 Å². The van der Waals surface area contributed by atoms with Crippen molar-refractivity contribution < 1.29 is 23.8 Å². The first kappa shape index (κ1) is 19.9. The van der Waals surface area contributed by atoms with E-state index in [1.807, 2.05) is 24.3 Å². The van der Waals surface area contributed by atoms with Crippen molar-refractivity contribution in [3.8, 4) is 11.5 Å². The van der Waals surface area contributed by atoms with Gasteiger partial charge in [0.05, 0.1) is 6.54 Å². The number of benzene rings is 1. The SMILES string of the molecule is CN(CC1COc2ccccc2O1)C(=O)C(C)(C)NC(=O)OC(C)(C)C. The molecule has 1 aromatic rings. The Labute approximate surface area is 154 Å². The zero-order chi connectivity index (χ0) is 19.5. The number of fused-ring (bicyclic) bond motifs is 1. The van der Waals surface area contributed by atoms with Crippen molar-refractivity contribution in [3.63, 3.8) is 0 Å². The highest BCUT2D eigenvalue weighted by atomic mass is 16.6. The first-order valence-electron chi connectivity index (χ1n) is 8.63. The minimum absolute atomic E-state index is 0.245. The average molecular weight is 364 g/mol. The lowest BCUT2D eigenvalue weighted by molar-refractivity contribution is -0.137. The summed E-state index contributed by atoms with van der Waals surface area (Å²) in [5, 5.41) is 2.62. The third-order valence-corrected chi connectivity index (χ3v) is 3.74. The van der Waals surface area contributed by atoms with Gasteiger partial charge in [0.15, 0.2) is 17.6 Å². The van der Waals surface area contributed by atoms with E-state index in [1.54, 1.807) is 41.7 Å². The van der Waals surface area contributed by atoms with E-state index in [2.05, 4.69) is 5.32 Å². The number of nitrogens with one attached hydrogen (secondary N) is 1. The summed E-state index contributed by atoms with van der Waals surface area (Å²) in [5.74, 6) is 1.12. The molecule has 1 aliphatic heterocycles. The molecule has 0 bridgehead atoms. The number of rotatable bonds is 4. The molecule has 7 heteroatoms. The molecule has 0 fully saturated rings. The average Bonchev–Trinajstić information content (AvgIpc) is 2.51. The van der Waals surface area contributed by atoms with Crippen molar-refractivity contribution in [3.05, 3.63) is 24.3 Å². The fraction of sp³-hybridized carbons (Fsp3) is 0.579. The second-order valence-electron chi connectivity index (χ2n) is 7.94. The number of ether oxygens (including phenoxy) is 3. The standard InChI is InChI=1S/C19H28N2O5/c1-18(2,3)26-17(23)20-19(4,5)16(22)21(6)11-13-12-24-14-9-7-8-10-15(14)25-13/h7-10,13H,11-12H2,1-6H3,(H,20,23). The number of amides is 2. The molecule has 144 valence electrons. The highest BCUT2D eigenvalue weighted by Gasteiger charge is 2.35. The van der Waals surface area contributed by atoms with Gasteiger partial charge in [-0.3, -0.25) is 4.79 Å². The molecule has 0 radical (unpaired) electrons. The molecule has 1 heterocycles. The topological polar surface area (TPSA) is 77.1 Å². The van der Waals surface area contributed by atoms with E-state index in [9.17, 15) is 9.59 Å². The Bertz CT molecular complexity index is 666. The number of likely N-dealkylation sites (N-methyl/N-ethyl adjacent to an activating group) is 1. The van der Waals surface area contributed by atoms with Crippen LogP contribution < -0.4 is 14.8 Å². The molecular formula is C19H28N2O5. The van der Waals surface area contributed by atoms with Gasteiger partial charge in [0.25, 0.3) is 0 Å². The lowest BCUT2D eigenvalue weighted by atomic mass is 10.0. The van der Waals surface area contributed by atoms with Crippen LogP contribution in [-0.2, 0) is 9.53 Å². The number of hydrogen-bond donors (Lipinski definition) is 1. The van der Waals surface area contributed by atoms with Crippen molar-refractivity contribution in [2.45, 2.75) is 51.9 Å². The Balaban J connectivity index is 1.93. The van der Waals surface area contributed by atoms with Gasteiger partial charge in [-0.1, -0.05) is 12.1 Å². The summed E-state index contributed by atoms with van der Waals surface area (Å²) in [6, 6.07) is 7.42. The maximum Gasteiger partial charge on any atom is 0.408 e. The Morgan fingerprint density at radius 1 is 1.19 bits per heavy atom. The molecule has 26 heavy (non-hydrogen) atoms. The number of nitrogens with zero attached hydrogens (tertiary/aromatic N) is 1. The van der Waals surface area contributed by atoms with Crippen LogP contribution in [0.2, 0.25) is 0 Å². The summed E-state index contributed by atoms with van der Waals surface area (Å²) in [7, 11) is 1.67. The van der Waals surface area contributed by atoms with Gasteiger partial charge in [-0.05, 0) is 46.8 Å². The van der Waals surface area contributed by atoms with Crippen molar-refractivity contribution in [1.82, 2.24) is 10.2 Å². The Morgan fingerprint density at radius 3 is 2.42 bits per heavy atom. The van der Waals surface area contributed by atoms with Crippen LogP contribution in [0.15, 0.2) is 24.3 Å². The van der Waals surface area contributed by atoms with E-state index in [-0.39, 0.29) is 12.0 Å². The second-order valence-corrected chi connectivity index (χ2v) is 7.94. The fourth-order valence-electron chi connectivity index (χ4n) is 2.63. The predicted octanol–water partition coefficient (Wildman–Crippen LogP) is 2.59. The van der Waals surface area contributed by atoms with Crippen LogP contribution in [0.25, 0.3) is 0 Å². The van der Waals surface area contributed by atoms with Crippen molar-refractivity contribution >= 4 is 12.0 Å². The molecule has 0 spiro atoms. The van der Waals surface area contributed by atoms with Crippen LogP contribution in [0.1, 0.15) is 34.6 Å². The largest absolute Gasteiger partial charge is 0.486 e. The molecule has 1 aliphatic rings. The van der Waals surface area contributed by atoms with Crippen LogP contribution >= 0.6 is 0 Å². The number of alkyl carbamates (subject to hydrolysis) is 1.